The number of aliphatic carboxylic acids is 1. The number of Topliss-reactive ketones (excluding diaryl/α,β-unsaturated/α-hetero) is 1. The van der Waals surface area contributed by atoms with Crippen molar-refractivity contribution in [2.24, 2.45) is 5.73 Å². The van der Waals surface area contributed by atoms with Crippen LogP contribution in [0.4, 0.5) is 0 Å². The zero-order valence-electron chi connectivity index (χ0n) is 14.1. The molecule has 0 aliphatic carbocycles. The van der Waals surface area contributed by atoms with E-state index in [9.17, 15) is 14.7 Å². The molecule has 0 saturated heterocycles. The van der Waals surface area contributed by atoms with Gasteiger partial charge in [0.1, 0.15) is 5.82 Å². The number of carbonyl (C=O) groups excluding carboxylic acids is 1. The number of aromatic nitrogens is 3. The second kappa shape index (κ2) is 8.78. The van der Waals surface area contributed by atoms with Gasteiger partial charge in [-0.3, -0.25) is 9.78 Å². The van der Waals surface area contributed by atoms with Gasteiger partial charge in [-0.15, -0.1) is 0 Å². The van der Waals surface area contributed by atoms with Crippen LogP contribution in [0, 0.1) is 11.3 Å². The lowest BCUT2D eigenvalue weighted by molar-refractivity contribution is -0.148. The Hall–Kier alpha value is -3.18. The van der Waals surface area contributed by atoms with Gasteiger partial charge < -0.3 is 10.8 Å². The number of hydrogen-bond acceptors (Lipinski definition) is 7. The molecule has 2 atom stereocenters. The van der Waals surface area contributed by atoms with Gasteiger partial charge in [0, 0.05) is 37.6 Å². The highest BCUT2D eigenvalue weighted by Crippen LogP contribution is 2.26. The van der Waals surface area contributed by atoms with Crippen LogP contribution in [-0.4, -0.2) is 37.3 Å². The molecule has 0 spiro atoms. The molecule has 0 fully saturated rings. The number of carboxylic acids is 1. The number of pyridine rings is 1. The van der Waals surface area contributed by atoms with Crippen molar-refractivity contribution in [3.05, 3.63) is 54.4 Å². The van der Waals surface area contributed by atoms with Gasteiger partial charge in [0.15, 0.2) is 11.3 Å². The lowest BCUT2D eigenvalue weighted by Gasteiger charge is -2.27. The van der Waals surface area contributed by atoms with Crippen LogP contribution in [0.1, 0.15) is 36.6 Å². The van der Waals surface area contributed by atoms with E-state index < -0.39 is 23.2 Å². The molecular weight excluding hydrogens is 334 g/mol. The van der Waals surface area contributed by atoms with Gasteiger partial charge in [-0.2, -0.15) is 5.26 Å². The Morgan fingerprint density at radius 3 is 2.58 bits per heavy atom. The van der Waals surface area contributed by atoms with E-state index in [-0.39, 0.29) is 25.1 Å². The topological polar surface area (TPSA) is 143 Å². The summed E-state index contributed by atoms with van der Waals surface area (Å²) >= 11 is 0. The van der Waals surface area contributed by atoms with E-state index >= 15 is 0 Å². The standard InChI is InChI=1S/C18H19N5O3/c19-7-2-1-6-14(16-22-9-4-10-23-16)15(24)18(20,17(25)26)11-13-5-3-8-21-12-13/h3-5,8-10,12,14H,1-2,6,11,20H2,(H,25,26). The fraction of sp³-hybridized carbons (Fsp3) is 0.333. The van der Waals surface area contributed by atoms with Crippen LogP contribution >= 0.6 is 0 Å². The van der Waals surface area contributed by atoms with Crippen molar-refractivity contribution < 1.29 is 14.7 Å². The summed E-state index contributed by atoms with van der Waals surface area (Å²) in [5.74, 6) is -2.80. The van der Waals surface area contributed by atoms with E-state index in [0.717, 1.165) is 0 Å². The second-order valence-corrected chi connectivity index (χ2v) is 5.89. The SMILES string of the molecule is N#CCCCC(C(=O)C(N)(Cc1cccnc1)C(=O)O)c1ncccn1. The van der Waals surface area contributed by atoms with Gasteiger partial charge in [0.25, 0.3) is 0 Å². The molecule has 0 saturated carbocycles. The highest BCUT2D eigenvalue weighted by Gasteiger charge is 2.46. The predicted octanol–water partition coefficient (Wildman–Crippen LogP) is 1.24. The molecule has 26 heavy (non-hydrogen) atoms. The number of ketones is 1. The quantitative estimate of drug-likeness (QED) is 0.506. The highest BCUT2D eigenvalue weighted by molar-refractivity contribution is 6.10. The van der Waals surface area contributed by atoms with E-state index in [1.54, 1.807) is 24.4 Å². The summed E-state index contributed by atoms with van der Waals surface area (Å²) in [6.07, 6.45) is 6.68. The van der Waals surface area contributed by atoms with Crippen LogP contribution in [0.5, 0.6) is 0 Å². The van der Waals surface area contributed by atoms with E-state index in [1.807, 2.05) is 6.07 Å². The molecule has 0 aromatic carbocycles. The Morgan fingerprint density at radius 2 is 2.00 bits per heavy atom. The molecule has 8 heteroatoms. The zero-order chi connectivity index (χ0) is 19.0. The molecule has 2 aromatic heterocycles. The minimum Gasteiger partial charge on any atom is -0.480 e. The predicted molar refractivity (Wildman–Crippen MR) is 91.7 cm³/mol. The lowest BCUT2D eigenvalue weighted by atomic mass is 9.79. The molecule has 2 unspecified atom stereocenters. The fourth-order valence-corrected chi connectivity index (χ4v) is 2.66. The monoisotopic (exact) mass is 353 g/mol. The highest BCUT2D eigenvalue weighted by atomic mass is 16.4. The summed E-state index contributed by atoms with van der Waals surface area (Å²) in [4.78, 5) is 37.1. The molecule has 0 aliphatic heterocycles. The fourth-order valence-electron chi connectivity index (χ4n) is 2.66. The normalized spacial score (nSPS) is 14.0. The average molecular weight is 353 g/mol. The number of nitriles is 1. The molecule has 2 aromatic rings. The van der Waals surface area contributed by atoms with E-state index in [2.05, 4.69) is 15.0 Å². The third-order valence-corrected chi connectivity index (χ3v) is 4.02. The summed E-state index contributed by atoms with van der Waals surface area (Å²) < 4.78 is 0. The van der Waals surface area contributed by atoms with Gasteiger partial charge in [0.2, 0.25) is 0 Å². The number of hydrogen-bond donors (Lipinski definition) is 2. The third-order valence-electron chi connectivity index (χ3n) is 4.02. The number of rotatable bonds is 9. The van der Waals surface area contributed by atoms with Gasteiger partial charge in [-0.25, -0.2) is 14.8 Å². The number of nitrogens with zero attached hydrogens (tertiary/aromatic N) is 4. The van der Waals surface area contributed by atoms with Crippen molar-refractivity contribution in [1.82, 2.24) is 15.0 Å². The summed E-state index contributed by atoms with van der Waals surface area (Å²) in [7, 11) is 0. The van der Waals surface area contributed by atoms with Crippen molar-refractivity contribution in [2.75, 3.05) is 0 Å². The lowest BCUT2D eigenvalue weighted by Crippen LogP contribution is -2.58. The summed E-state index contributed by atoms with van der Waals surface area (Å²) in [5.41, 5.74) is 4.46. The maximum absolute atomic E-state index is 13.1. The largest absolute Gasteiger partial charge is 0.480 e. The van der Waals surface area contributed by atoms with E-state index in [1.165, 1.54) is 18.6 Å². The molecule has 0 amide bonds. The number of unbranched alkanes of at least 4 members (excludes halogenated alkanes) is 1. The number of carboxylic acid groups (broad SMARTS) is 1. The van der Waals surface area contributed by atoms with Crippen LogP contribution in [0.15, 0.2) is 43.0 Å². The van der Waals surface area contributed by atoms with Gasteiger partial charge in [-0.05, 0) is 30.5 Å². The number of carbonyl (C=O) groups is 2. The molecule has 0 bridgehead atoms. The average Bonchev–Trinajstić information content (AvgIpc) is 2.66. The maximum atomic E-state index is 13.1. The number of nitrogens with two attached hydrogens (primary N) is 1. The second-order valence-electron chi connectivity index (χ2n) is 5.89. The Morgan fingerprint density at radius 1 is 1.27 bits per heavy atom. The Balaban J connectivity index is 2.35. The Labute approximate surface area is 150 Å². The first-order valence-corrected chi connectivity index (χ1v) is 8.08. The van der Waals surface area contributed by atoms with Crippen LogP contribution < -0.4 is 5.73 Å². The molecular formula is C18H19N5O3. The first kappa shape index (κ1) is 19.1. The van der Waals surface area contributed by atoms with Crippen molar-refractivity contribution in [2.45, 2.75) is 37.1 Å². The smallest absolute Gasteiger partial charge is 0.331 e. The van der Waals surface area contributed by atoms with Crippen LogP contribution in [0.3, 0.4) is 0 Å². The Bertz CT molecular complexity index is 791. The summed E-state index contributed by atoms with van der Waals surface area (Å²) in [6.45, 7) is 0. The summed E-state index contributed by atoms with van der Waals surface area (Å²) in [6, 6.07) is 6.91. The molecule has 0 aliphatic rings. The van der Waals surface area contributed by atoms with Crippen LogP contribution in [-0.2, 0) is 16.0 Å². The minimum absolute atomic E-state index is 0.198. The summed E-state index contributed by atoms with van der Waals surface area (Å²) in [5, 5.41) is 18.4. The Kier molecular flexibility index (Phi) is 6.47. The van der Waals surface area contributed by atoms with Crippen molar-refractivity contribution in [1.29, 1.82) is 5.26 Å². The van der Waals surface area contributed by atoms with Gasteiger partial charge in [-0.1, -0.05) is 6.07 Å². The molecule has 0 radical (unpaired) electrons. The molecule has 3 N–H and O–H groups in total. The molecule has 8 nitrogen and oxygen atoms in total. The van der Waals surface area contributed by atoms with Crippen molar-refractivity contribution in [3.63, 3.8) is 0 Å². The van der Waals surface area contributed by atoms with Crippen LogP contribution in [0.2, 0.25) is 0 Å². The minimum atomic E-state index is -2.14. The van der Waals surface area contributed by atoms with E-state index in [0.29, 0.717) is 12.0 Å². The zero-order valence-corrected chi connectivity index (χ0v) is 14.1. The van der Waals surface area contributed by atoms with Gasteiger partial charge >= 0.3 is 5.97 Å². The first-order chi connectivity index (χ1) is 12.5. The van der Waals surface area contributed by atoms with Crippen molar-refractivity contribution in [3.8, 4) is 6.07 Å². The third kappa shape index (κ3) is 4.46. The van der Waals surface area contributed by atoms with Crippen LogP contribution in [0.25, 0.3) is 0 Å². The van der Waals surface area contributed by atoms with E-state index in [4.69, 9.17) is 11.0 Å². The molecule has 134 valence electrons. The van der Waals surface area contributed by atoms with Crippen molar-refractivity contribution >= 4 is 11.8 Å². The molecule has 2 rings (SSSR count). The first-order valence-electron chi connectivity index (χ1n) is 8.08. The maximum Gasteiger partial charge on any atom is 0.331 e. The molecule has 2 heterocycles. The van der Waals surface area contributed by atoms with Gasteiger partial charge in [0.05, 0.1) is 12.0 Å².